The lowest BCUT2D eigenvalue weighted by molar-refractivity contribution is 0.0457. The summed E-state index contributed by atoms with van der Waals surface area (Å²) in [4.78, 5) is 15.0. The number of nitrogen functional groups attached to an aromatic ring is 1. The van der Waals surface area contributed by atoms with E-state index >= 15 is 0 Å². The SMILES string of the molecule is CN.Clc1ccc(COC2CCCC2)cc1Cl.Nc1ncc(-c2cnn(C3CCNCC3)c2)cc1C=O. The Morgan fingerprint density at radius 1 is 1.05 bits per heavy atom. The van der Waals surface area contributed by atoms with Gasteiger partial charge in [-0.05, 0) is 69.6 Å². The first-order chi connectivity index (χ1) is 18.0. The van der Waals surface area contributed by atoms with Crippen LogP contribution in [0.1, 0.15) is 60.5 Å². The van der Waals surface area contributed by atoms with E-state index in [0.717, 1.165) is 48.9 Å². The summed E-state index contributed by atoms with van der Waals surface area (Å²) in [5, 5.41) is 8.98. The minimum atomic E-state index is 0.259. The molecule has 2 fully saturated rings. The molecule has 0 amide bonds. The molecule has 0 unspecified atom stereocenters. The van der Waals surface area contributed by atoms with Gasteiger partial charge in [0, 0.05) is 23.5 Å². The monoisotopic (exact) mass is 546 g/mol. The Bertz CT molecular complexity index is 1130. The summed E-state index contributed by atoms with van der Waals surface area (Å²) >= 11 is 11.8. The largest absolute Gasteiger partial charge is 0.383 e. The molecular formula is C27H36Cl2N6O2. The van der Waals surface area contributed by atoms with Gasteiger partial charge in [0.1, 0.15) is 5.82 Å². The summed E-state index contributed by atoms with van der Waals surface area (Å²) in [6, 6.07) is 7.84. The van der Waals surface area contributed by atoms with Crippen molar-refractivity contribution in [1.82, 2.24) is 20.1 Å². The Labute approximate surface area is 228 Å². The number of anilines is 1. The van der Waals surface area contributed by atoms with Crippen LogP contribution >= 0.6 is 23.2 Å². The number of nitrogens with one attached hydrogen (secondary N) is 1. The number of hydrogen-bond acceptors (Lipinski definition) is 7. The highest BCUT2D eigenvalue weighted by molar-refractivity contribution is 6.42. The number of ether oxygens (including phenoxy) is 1. The maximum absolute atomic E-state index is 10.9. The average molecular weight is 548 g/mol. The van der Waals surface area contributed by atoms with Gasteiger partial charge in [0.2, 0.25) is 0 Å². The molecule has 3 aromatic rings. The molecule has 1 saturated carbocycles. The zero-order valence-corrected chi connectivity index (χ0v) is 22.7. The highest BCUT2D eigenvalue weighted by Crippen LogP contribution is 2.26. The van der Waals surface area contributed by atoms with Crippen LogP contribution in [0.3, 0.4) is 0 Å². The second-order valence-corrected chi connectivity index (χ2v) is 9.79. The lowest BCUT2D eigenvalue weighted by Crippen LogP contribution is -2.29. The van der Waals surface area contributed by atoms with Crippen LogP contribution < -0.4 is 16.8 Å². The molecule has 1 aliphatic heterocycles. The topological polar surface area (TPSA) is 121 Å². The zero-order valence-electron chi connectivity index (χ0n) is 21.2. The number of hydrogen-bond donors (Lipinski definition) is 3. The molecule has 2 aliphatic rings. The molecule has 5 rings (SSSR count). The Hall–Kier alpha value is -2.49. The standard InChI is InChI=1S/C14H17N5O.C12H14Cl2O.CH5N/c15-14-11(9-20)5-10(6-17-14)12-7-18-19(8-12)13-1-3-16-4-2-13;13-11-6-5-9(7-12(11)14)8-15-10-3-1-2-4-10;1-2/h5-9,13,16H,1-4H2,(H2,15,17);5-7,10H,1-4,8H2;2H2,1H3. The molecule has 200 valence electrons. The maximum Gasteiger partial charge on any atom is 0.153 e. The van der Waals surface area contributed by atoms with Crippen LogP contribution in [0.4, 0.5) is 5.82 Å². The van der Waals surface area contributed by atoms with E-state index in [2.05, 4.69) is 21.1 Å². The smallest absolute Gasteiger partial charge is 0.153 e. The van der Waals surface area contributed by atoms with Gasteiger partial charge in [0.25, 0.3) is 0 Å². The minimum absolute atomic E-state index is 0.259. The Kier molecular flexibility index (Phi) is 11.8. The molecule has 1 aliphatic carbocycles. The second kappa shape index (κ2) is 15.1. The summed E-state index contributed by atoms with van der Waals surface area (Å²) in [7, 11) is 1.50. The number of aromatic nitrogens is 3. The van der Waals surface area contributed by atoms with Crippen LogP contribution in [-0.2, 0) is 11.3 Å². The molecule has 0 spiro atoms. The van der Waals surface area contributed by atoms with Crippen molar-refractivity contribution in [2.75, 3.05) is 25.9 Å². The van der Waals surface area contributed by atoms with Gasteiger partial charge in [0.05, 0.1) is 40.6 Å². The van der Waals surface area contributed by atoms with Gasteiger partial charge in [-0.1, -0.05) is 42.1 Å². The molecule has 37 heavy (non-hydrogen) atoms. The van der Waals surface area contributed by atoms with Crippen LogP contribution in [0.2, 0.25) is 10.0 Å². The van der Waals surface area contributed by atoms with Crippen LogP contribution in [0.15, 0.2) is 42.9 Å². The highest BCUT2D eigenvalue weighted by atomic mass is 35.5. The number of piperidine rings is 1. The van der Waals surface area contributed by atoms with Crippen molar-refractivity contribution in [2.45, 2.75) is 57.3 Å². The number of benzene rings is 1. The molecule has 1 saturated heterocycles. The van der Waals surface area contributed by atoms with Crippen molar-refractivity contribution in [2.24, 2.45) is 5.73 Å². The summed E-state index contributed by atoms with van der Waals surface area (Å²) in [6.07, 6.45) is 13.8. The first kappa shape index (κ1) is 29.1. The van der Waals surface area contributed by atoms with Gasteiger partial charge >= 0.3 is 0 Å². The molecule has 2 aromatic heterocycles. The Morgan fingerprint density at radius 2 is 1.78 bits per heavy atom. The zero-order chi connectivity index (χ0) is 26.6. The number of aldehydes is 1. The Balaban J connectivity index is 0.000000200. The lowest BCUT2D eigenvalue weighted by Gasteiger charge is -2.22. The van der Waals surface area contributed by atoms with Crippen molar-refractivity contribution < 1.29 is 9.53 Å². The molecule has 8 nitrogen and oxygen atoms in total. The first-order valence-electron chi connectivity index (χ1n) is 12.6. The van der Waals surface area contributed by atoms with Gasteiger partial charge in [-0.15, -0.1) is 0 Å². The van der Waals surface area contributed by atoms with Crippen LogP contribution in [0.25, 0.3) is 11.1 Å². The fourth-order valence-corrected chi connectivity index (χ4v) is 4.72. The molecule has 0 radical (unpaired) electrons. The predicted octanol–water partition coefficient (Wildman–Crippen LogP) is 5.29. The lowest BCUT2D eigenvalue weighted by atomic mass is 10.1. The van der Waals surface area contributed by atoms with Crippen LogP contribution in [-0.4, -0.2) is 47.3 Å². The molecule has 5 N–H and O–H groups in total. The number of carbonyl (C=O) groups is 1. The normalized spacial score (nSPS) is 15.9. The fraction of sp³-hybridized carbons (Fsp3) is 0.444. The van der Waals surface area contributed by atoms with E-state index in [1.165, 1.54) is 32.7 Å². The summed E-state index contributed by atoms with van der Waals surface area (Å²) < 4.78 is 7.79. The van der Waals surface area contributed by atoms with Crippen LogP contribution in [0, 0.1) is 0 Å². The molecular weight excluding hydrogens is 511 g/mol. The third-order valence-corrected chi connectivity index (χ3v) is 7.21. The summed E-state index contributed by atoms with van der Waals surface area (Å²) in [6.45, 7) is 2.69. The molecule has 0 bridgehead atoms. The van der Waals surface area contributed by atoms with Crippen LogP contribution in [0.5, 0.6) is 0 Å². The summed E-state index contributed by atoms with van der Waals surface area (Å²) in [5.74, 6) is 0.259. The third-order valence-electron chi connectivity index (χ3n) is 6.47. The van der Waals surface area contributed by atoms with Gasteiger partial charge in [-0.25, -0.2) is 4.98 Å². The number of rotatable bonds is 6. The fourth-order valence-electron chi connectivity index (χ4n) is 4.40. The van der Waals surface area contributed by atoms with Crippen molar-refractivity contribution in [1.29, 1.82) is 0 Å². The van der Waals surface area contributed by atoms with Gasteiger partial charge < -0.3 is 21.5 Å². The van der Waals surface area contributed by atoms with Gasteiger partial charge in [-0.3, -0.25) is 9.48 Å². The van der Waals surface area contributed by atoms with Crippen molar-refractivity contribution in [3.05, 3.63) is 64.0 Å². The maximum atomic E-state index is 10.9. The van der Waals surface area contributed by atoms with E-state index in [4.69, 9.17) is 33.7 Å². The number of halogens is 2. The second-order valence-electron chi connectivity index (χ2n) is 8.97. The highest BCUT2D eigenvalue weighted by Gasteiger charge is 2.17. The van der Waals surface area contributed by atoms with Crippen molar-refractivity contribution >= 4 is 35.3 Å². The minimum Gasteiger partial charge on any atom is -0.383 e. The van der Waals surface area contributed by atoms with E-state index in [-0.39, 0.29) is 5.82 Å². The summed E-state index contributed by atoms with van der Waals surface area (Å²) in [5.41, 5.74) is 13.5. The quantitative estimate of drug-likeness (QED) is 0.359. The van der Waals surface area contributed by atoms with E-state index in [0.29, 0.717) is 34.4 Å². The number of nitrogens with zero attached hydrogens (tertiary/aromatic N) is 3. The van der Waals surface area contributed by atoms with Gasteiger partial charge in [-0.2, -0.15) is 5.10 Å². The van der Waals surface area contributed by atoms with E-state index in [1.807, 2.05) is 35.3 Å². The van der Waals surface area contributed by atoms with E-state index in [1.54, 1.807) is 12.3 Å². The third kappa shape index (κ3) is 8.51. The molecule has 0 atom stereocenters. The number of nitrogens with two attached hydrogens (primary N) is 2. The van der Waals surface area contributed by atoms with E-state index in [9.17, 15) is 4.79 Å². The molecule has 1 aromatic carbocycles. The predicted molar refractivity (Wildman–Crippen MR) is 150 cm³/mol. The van der Waals surface area contributed by atoms with Crippen molar-refractivity contribution in [3.8, 4) is 11.1 Å². The molecule has 10 heteroatoms. The van der Waals surface area contributed by atoms with E-state index < -0.39 is 0 Å². The van der Waals surface area contributed by atoms with Crippen molar-refractivity contribution in [3.63, 3.8) is 0 Å². The Morgan fingerprint density at radius 3 is 2.46 bits per heavy atom. The number of pyridine rings is 1. The average Bonchev–Trinajstić information content (AvgIpc) is 3.65. The van der Waals surface area contributed by atoms with Gasteiger partial charge in [0.15, 0.2) is 6.29 Å². The molecule has 3 heterocycles. The number of carbonyl (C=O) groups excluding carboxylic acids is 1. The first-order valence-corrected chi connectivity index (χ1v) is 13.4.